The van der Waals surface area contributed by atoms with Gasteiger partial charge in [-0.15, -0.1) is 0 Å². The van der Waals surface area contributed by atoms with Gasteiger partial charge < -0.3 is 20.7 Å². The molecular formula is C28H29N7O. The standard InChI is InChI=1S/C28H29N7O/c36-18-12-17(8-10-29-13-18)32-28-25-21(16-4-3-5-16)14-30-15-23(25)34-26(35-28)20-9-11-31-27-24(20)19-6-1-2-7-22(19)33-27/h1-2,6-7,9,11,14-18,29,36H,3-5,8,10,12-13H2,(H,31,33)(H,32,34,35). The number of aliphatic hydroxyl groups is 1. The van der Waals surface area contributed by atoms with Gasteiger partial charge >= 0.3 is 0 Å². The number of nitrogens with zero attached hydrogens (tertiary/aromatic N) is 4. The second-order valence-electron chi connectivity index (χ2n) is 10.1. The summed E-state index contributed by atoms with van der Waals surface area (Å²) in [5, 5.41) is 20.7. The molecule has 4 aromatic heterocycles. The minimum Gasteiger partial charge on any atom is -0.392 e. The van der Waals surface area contributed by atoms with Crippen molar-refractivity contribution in [1.82, 2.24) is 30.2 Å². The van der Waals surface area contributed by atoms with Gasteiger partial charge in [-0.3, -0.25) is 4.98 Å². The number of benzene rings is 1. The molecule has 0 radical (unpaired) electrons. The predicted molar refractivity (Wildman–Crippen MR) is 142 cm³/mol. The number of aromatic amines is 1. The van der Waals surface area contributed by atoms with Crippen LogP contribution in [0.3, 0.4) is 0 Å². The van der Waals surface area contributed by atoms with Crippen LogP contribution in [0.5, 0.6) is 0 Å². The van der Waals surface area contributed by atoms with Crippen molar-refractivity contribution >= 4 is 38.7 Å². The lowest BCUT2D eigenvalue weighted by atomic mass is 9.79. The molecule has 2 aliphatic rings. The molecule has 1 saturated heterocycles. The first-order chi connectivity index (χ1) is 17.7. The number of pyridine rings is 2. The van der Waals surface area contributed by atoms with E-state index in [0.29, 0.717) is 24.7 Å². The molecule has 5 heterocycles. The molecule has 0 spiro atoms. The number of anilines is 1. The van der Waals surface area contributed by atoms with Gasteiger partial charge in [-0.1, -0.05) is 24.6 Å². The van der Waals surface area contributed by atoms with Crippen molar-refractivity contribution in [2.45, 2.75) is 50.2 Å². The molecule has 2 fully saturated rings. The summed E-state index contributed by atoms with van der Waals surface area (Å²) >= 11 is 0. The fraction of sp³-hybridized carbons (Fsp3) is 0.357. The summed E-state index contributed by atoms with van der Waals surface area (Å²) in [4.78, 5) is 22.8. The molecule has 182 valence electrons. The number of H-pyrrole nitrogens is 1. The van der Waals surface area contributed by atoms with Gasteiger partial charge in [0.1, 0.15) is 11.5 Å². The number of β-amino-alcohol motifs (C(OH)–C–C–N with tert-alkyl or cyclic N) is 1. The van der Waals surface area contributed by atoms with Crippen molar-refractivity contribution in [2.75, 3.05) is 18.4 Å². The molecule has 8 heteroatoms. The zero-order valence-corrected chi connectivity index (χ0v) is 20.0. The third-order valence-corrected chi connectivity index (χ3v) is 7.77. The third kappa shape index (κ3) is 3.68. The maximum atomic E-state index is 10.4. The Bertz CT molecular complexity index is 1580. The number of fused-ring (bicyclic) bond motifs is 4. The summed E-state index contributed by atoms with van der Waals surface area (Å²) in [6.07, 6.45) is 10.5. The highest BCUT2D eigenvalue weighted by Gasteiger charge is 2.26. The number of aliphatic hydroxyl groups excluding tert-OH is 1. The molecule has 1 aliphatic heterocycles. The van der Waals surface area contributed by atoms with Crippen LogP contribution in [0.15, 0.2) is 48.9 Å². The van der Waals surface area contributed by atoms with Crippen molar-refractivity contribution in [1.29, 1.82) is 0 Å². The molecule has 1 aromatic carbocycles. The number of hydrogen-bond acceptors (Lipinski definition) is 7. The van der Waals surface area contributed by atoms with E-state index in [1.54, 1.807) is 0 Å². The first kappa shape index (κ1) is 21.6. The molecular weight excluding hydrogens is 450 g/mol. The van der Waals surface area contributed by atoms with Gasteiger partial charge in [0, 0.05) is 52.2 Å². The van der Waals surface area contributed by atoms with Crippen LogP contribution in [0.1, 0.15) is 43.6 Å². The fourth-order valence-electron chi connectivity index (χ4n) is 5.71. The molecule has 7 rings (SSSR count). The molecule has 2 unspecified atom stereocenters. The van der Waals surface area contributed by atoms with Crippen molar-refractivity contribution in [2.24, 2.45) is 0 Å². The van der Waals surface area contributed by atoms with E-state index in [9.17, 15) is 5.11 Å². The zero-order valence-electron chi connectivity index (χ0n) is 20.0. The van der Waals surface area contributed by atoms with Gasteiger partial charge in [0.2, 0.25) is 0 Å². The molecule has 8 nitrogen and oxygen atoms in total. The van der Waals surface area contributed by atoms with E-state index < -0.39 is 0 Å². The molecule has 36 heavy (non-hydrogen) atoms. The first-order valence-corrected chi connectivity index (χ1v) is 12.9. The average molecular weight is 480 g/mol. The molecule has 4 N–H and O–H groups in total. The zero-order chi connectivity index (χ0) is 24.1. The normalized spacial score (nSPS) is 21.0. The smallest absolute Gasteiger partial charge is 0.163 e. The SMILES string of the molecule is OC1CNCCC(Nc2nc(-c3ccnc4[nH]c5ccccc5c34)nc3cncc(C4CCC4)c23)C1. The molecule has 2 atom stereocenters. The summed E-state index contributed by atoms with van der Waals surface area (Å²) in [5.74, 6) is 1.99. The Labute approximate surface area is 208 Å². The van der Waals surface area contributed by atoms with E-state index >= 15 is 0 Å². The Morgan fingerprint density at radius 1 is 1.00 bits per heavy atom. The lowest BCUT2D eigenvalue weighted by Crippen LogP contribution is -2.26. The largest absolute Gasteiger partial charge is 0.392 e. The Hall–Kier alpha value is -3.62. The number of para-hydroxylation sites is 1. The van der Waals surface area contributed by atoms with Crippen molar-refractivity contribution in [3.05, 3.63) is 54.5 Å². The van der Waals surface area contributed by atoms with Crippen LogP contribution in [-0.2, 0) is 0 Å². The van der Waals surface area contributed by atoms with Gasteiger partial charge in [0.25, 0.3) is 0 Å². The van der Waals surface area contributed by atoms with E-state index in [-0.39, 0.29) is 12.1 Å². The first-order valence-electron chi connectivity index (χ1n) is 12.9. The van der Waals surface area contributed by atoms with E-state index in [1.165, 1.54) is 24.8 Å². The molecule has 0 bridgehead atoms. The van der Waals surface area contributed by atoms with Crippen LogP contribution in [0.2, 0.25) is 0 Å². The van der Waals surface area contributed by atoms with Crippen LogP contribution in [0.25, 0.3) is 44.2 Å². The summed E-state index contributed by atoms with van der Waals surface area (Å²) in [6, 6.07) is 10.4. The van der Waals surface area contributed by atoms with E-state index in [1.807, 2.05) is 36.8 Å². The quantitative estimate of drug-likeness (QED) is 0.300. The van der Waals surface area contributed by atoms with Gasteiger partial charge in [-0.05, 0) is 55.8 Å². The Balaban J connectivity index is 1.43. The monoisotopic (exact) mass is 479 g/mol. The van der Waals surface area contributed by atoms with E-state index in [2.05, 4.69) is 37.7 Å². The summed E-state index contributed by atoms with van der Waals surface area (Å²) in [7, 11) is 0. The van der Waals surface area contributed by atoms with E-state index in [4.69, 9.17) is 9.97 Å². The summed E-state index contributed by atoms with van der Waals surface area (Å²) in [6.45, 7) is 1.49. The third-order valence-electron chi connectivity index (χ3n) is 7.77. The number of aromatic nitrogens is 5. The molecule has 1 saturated carbocycles. The minimum atomic E-state index is -0.378. The van der Waals surface area contributed by atoms with Gasteiger partial charge in [-0.2, -0.15) is 0 Å². The van der Waals surface area contributed by atoms with Crippen LogP contribution < -0.4 is 10.6 Å². The maximum absolute atomic E-state index is 10.4. The molecule has 5 aromatic rings. The number of hydrogen-bond donors (Lipinski definition) is 4. The van der Waals surface area contributed by atoms with Crippen molar-refractivity contribution < 1.29 is 5.11 Å². The second-order valence-corrected chi connectivity index (χ2v) is 10.1. The van der Waals surface area contributed by atoms with Gasteiger partial charge in [-0.25, -0.2) is 15.0 Å². The van der Waals surface area contributed by atoms with Crippen molar-refractivity contribution in [3.63, 3.8) is 0 Å². The minimum absolute atomic E-state index is 0.119. The topological polar surface area (TPSA) is 112 Å². The predicted octanol–water partition coefficient (Wildman–Crippen LogP) is 4.51. The molecule has 1 aliphatic carbocycles. The van der Waals surface area contributed by atoms with Crippen LogP contribution in [0, 0.1) is 0 Å². The van der Waals surface area contributed by atoms with E-state index in [0.717, 1.165) is 57.2 Å². The highest BCUT2D eigenvalue weighted by Crippen LogP contribution is 2.42. The van der Waals surface area contributed by atoms with Gasteiger partial charge in [0.05, 0.1) is 17.8 Å². The van der Waals surface area contributed by atoms with Crippen LogP contribution >= 0.6 is 0 Å². The Morgan fingerprint density at radius 3 is 2.81 bits per heavy atom. The maximum Gasteiger partial charge on any atom is 0.163 e. The molecule has 0 amide bonds. The number of rotatable bonds is 4. The Morgan fingerprint density at radius 2 is 1.92 bits per heavy atom. The van der Waals surface area contributed by atoms with Gasteiger partial charge in [0.15, 0.2) is 5.82 Å². The number of nitrogens with one attached hydrogen (secondary N) is 3. The van der Waals surface area contributed by atoms with Crippen LogP contribution in [-0.4, -0.2) is 55.3 Å². The average Bonchev–Trinajstić information content (AvgIpc) is 3.12. The van der Waals surface area contributed by atoms with Crippen LogP contribution in [0.4, 0.5) is 5.82 Å². The highest BCUT2D eigenvalue weighted by molar-refractivity contribution is 6.12. The summed E-state index contributed by atoms with van der Waals surface area (Å²) in [5.41, 5.74) is 4.89. The summed E-state index contributed by atoms with van der Waals surface area (Å²) < 4.78 is 0. The van der Waals surface area contributed by atoms with Crippen molar-refractivity contribution in [3.8, 4) is 11.4 Å². The fourth-order valence-corrected chi connectivity index (χ4v) is 5.71. The Kier molecular flexibility index (Phi) is 5.29. The lowest BCUT2D eigenvalue weighted by Gasteiger charge is -2.28. The highest BCUT2D eigenvalue weighted by atomic mass is 16.3. The lowest BCUT2D eigenvalue weighted by molar-refractivity contribution is 0.165. The second kappa shape index (κ2) is 8.80.